The van der Waals surface area contributed by atoms with Gasteiger partial charge in [0.2, 0.25) is 0 Å². The van der Waals surface area contributed by atoms with Crippen LogP contribution >= 0.6 is 7.92 Å². The molecule has 0 amide bonds. The van der Waals surface area contributed by atoms with Crippen molar-refractivity contribution < 1.29 is 9.47 Å². The van der Waals surface area contributed by atoms with Crippen LogP contribution in [0.5, 0.6) is 0 Å². The normalized spacial score (nSPS) is 18.9. The molecule has 3 heteroatoms. The molecule has 4 rings (SSSR count). The van der Waals surface area contributed by atoms with Crippen molar-refractivity contribution in [1.82, 2.24) is 0 Å². The Balaban J connectivity index is 2.00. The molecule has 0 saturated heterocycles. The smallest absolute Gasteiger partial charge is 0.127 e. The van der Waals surface area contributed by atoms with Crippen molar-refractivity contribution in [1.29, 1.82) is 0 Å². The van der Waals surface area contributed by atoms with E-state index >= 15 is 0 Å². The molecule has 0 bridgehead atoms. The fraction of sp³-hybridized carbons (Fsp3) is 0.154. The Labute approximate surface area is 174 Å². The number of methoxy groups -OCH3 is 2. The molecule has 1 aliphatic rings. The van der Waals surface area contributed by atoms with Crippen LogP contribution in [0.3, 0.4) is 0 Å². The fourth-order valence-corrected chi connectivity index (χ4v) is 7.05. The van der Waals surface area contributed by atoms with E-state index in [1.165, 1.54) is 10.6 Å². The van der Waals surface area contributed by atoms with Crippen LogP contribution in [0.2, 0.25) is 0 Å². The second-order valence-electron chi connectivity index (χ2n) is 6.91. The van der Waals surface area contributed by atoms with E-state index in [1.54, 1.807) is 7.11 Å². The van der Waals surface area contributed by atoms with Gasteiger partial charge in [-0.05, 0) is 30.2 Å². The van der Waals surface area contributed by atoms with E-state index < -0.39 is 13.3 Å². The second kappa shape index (κ2) is 8.78. The summed E-state index contributed by atoms with van der Waals surface area (Å²) in [4.78, 5) is 0. The zero-order valence-electron chi connectivity index (χ0n) is 16.8. The molecule has 0 heterocycles. The lowest BCUT2D eigenvalue weighted by Crippen LogP contribution is -2.39. The van der Waals surface area contributed by atoms with Crippen LogP contribution in [0.4, 0.5) is 0 Å². The number of allylic oxidation sites excluding steroid dienone is 1. The molecule has 0 radical (unpaired) electrons. The number of hydrogen-bond donors (Lipinski definition) is 0. The summed E-state index contributed by atoms with van der Waals surface area (Å²) < 4.78 is 12.3. The summed E-state index contributed by atoms with van der Waals surface area (Å²) in [6.45, 7) is 0. The van der Waals surface area contributed by atoms with E-state index in [0.717, 1.165) is 23.3 Å². The minimum atomic E-state index is -0.860. The van der Waals surface area contributed by atoms with Gasteiger partial charge in [0.15, 0.2) is 0 Å². The number of hydrogen-bond acceptors (Lipinski definition) is 2. The maximum Gasteiger partial charge on any atom is 0.127 e. The van der Waals surface area contributed by atoms with Gasteiger partial charge in [0, 0.05) is 19.1 Å². The minimum absolute atomic E-state index is 0.528. The predicted octanol–water partition coefficient (Wildman–Crippen LogP) is 5.48. The first-order valence-electron chi connectivity index (χ1n) is 9.76. The molecule has 1 aliphatic carbocycles. The molecule has 2 nitrogen and oxygen atoms in total. The molecule has 0 spiro atoms. The Morgan fingerprint density at radius 3 is 1.72 bits per heavy atom. The standard InChI is InChI=1S/C26H25O2P/c1-27-24-19-12-20-26(28-2,25(24)21-13-6-3-7-14-21)29(22-15-8-4-9-16-22)23-17-10-5-11-18-23/h3-19H,20H2,1-2H3/t26-/m0/s1. The number of ether oxygens (including phenoxy) is 2. The summed E-state index contributed by atoms with van der Waals surface area (Å²) in [5.41, 5.74) is 2.25. The summed E-state index contributed by atoms with van der Waals surface area (Å²) in [5, 5.41) is 2.05. The van der Waals surface area contributed by atoms with E-state index in [1.807, 2.05) is 13.2 Å². The zero-order valence-corrected chi connectivity index (χ0v) is 17.7. The lowest BCUT2D eigenvalue weighted by molar-refractivity contribution is 0.113. The second-order valence-corrected chi connectivity index (χ2v) is 9.34. The third kappa shape index (κ3) is 3.67. The third-order valence-corrected chi connectivity index (χ3v) is 8.25. The molecule has 3 aromatic carbocycles. The average Bonchev–Trinajstić information content (AvgIpc) is 2.81. The van der Waals surface area contributed by atoms with E-state index in [2.05, 4.69) is 97.1 Å². The quantitative estimate of drug-likeness (QED) is 0.510. The first-order chi connectivity index (χ1) is 14.3. The topological polar surface area (TPSA) is 18.5 Å². The molecule has 0 unspecified atom stereocenters. The van der Waals surface area contributed by atoms with Crippen LogP contribution in [0.1, 0.15) is 12.0 Å². The van der Waals surface area contributed by atoms with Gasteiger partial charge in [-0.3, -0.25) is 0 Å². The lowest BCUT2D eigenvalue weighted by atomic mass is 9.92. The molecule has 146 valence electrons. The van der Waals surface area contributed by atoms with Gasteiger partial charge in [-0.15, -0.1) is 0 Å². The minimum Gasteiger partial charge on any atom is -0.496 e. The molecule has 0 N–H and O–H groups in total. The van der Waals surface area contributed by atoms with Crippen molar-refractivity contribution in [2.45, 2.75) is 11.8 Å². The van der Waals surface area contributed by atoms with E-state index in [-0.39, 0.29) is 0 Å². The van der Waals surface area contributed by atoms with Gasteiger partial charge in [0.25, 0.3) is 0 Å². The van der Waals surface area contributed by atoms with Crippen LogP contribution in [0, 0.1) is 0 Å². The Bertz CT molecular complexity index is 957. The summed E-state index contributed by atoms with van der Waals surface area (Å²) in [6.07, 6.45) is 5.04. The van der Waals surface area contributed by atoms with E-state index in [0.29, 0.717) is 0 Å². The van der Waals surface area contributed by atoms with Crippen LogP contribution in [0.25, 0.3) is 5.57 Å². The maximum absolute atomic E-state index is 6.49. The van der Waals surface area contributed by atoms with Gasteiger partial charge in [-0.2, -0.15) is 0 Å². The van der Waals surface area contributed by atoms with Crippen molar-refractivity contribution >= 4 is 24.1 Å². The molecule has 0 aliphatic heterocycles. The van der Waals surface area contributed by atoms with Crippen LogP contribution in [-0.4, -0.2) is 19.6 Å². The Kier molecular flexibility index (Phi) is 5.94. The van der Waals surface area contributed by atoms with Crippen molar-refractivity contribution in [3.8, 4) is 0 Å². The summed E-state index contributed by atoms with van der Waals surface area (Å²) in [5.74, 6) is 0.865. The Hall–Kier alpha value is -2.67. The van der Waals surface area contributed by atoms with E-state index in [4.69, 9.17) is 9.47 Å². The Morgan fingerprint density at radius 1 is 0.724 bits per heavy atom. The van der Waals surface area contributed by atoms with Gasteiger partial charge in [0.1, 0.15) is 11.1 Å². The average molecular weight is 400 g/mol. The monoisotopic (exact) mass is 400 g/mol. The van der Waals surface area contributed by atoms with Crippen LogP contribution in [-0.2, 0) is 9.47 Å². The molecule has 3 aromatic rings. The molecule has 0 fully saturated rings. The first kappa shape index (κ1) is 19.6. The van der Waals surface area contributed by atoms with Gasteiger partial charge in [-0.1, -0.05) is 97.1 Å². The molecule has 0 saturated carbocycles. The van der Waals surface area contributed by atoms with Crippen molar-refractivity contribution in [2.24, 2.45) is 0 Å². The fourth-order valence-electron chi connectivity index (χ4n) is 4.05. The summed E-state index contributed by atoms with van der Waals surface area (Å²) in [6, 6.07) is 31.9. The predicted molar refractivity (Wildman–Crippen MR) is 123 cm³/mol. The highest BCUT2D eigenvalue weighted by molar-refractivity contribution is 7.74. The molecule has 0 aromatic heterocycles. The number of benzene rings is 3. The molecular formula is C26H25O2P. The van der Waals surface area contributed by atoms with Crippen molar-refractivity contribution in [3.63, 3.8) is 0 Å². The highest BCUT2D eigenvalue weighted by atomic mass is 31.1. The Morgan fingerprint density at radius 2 is 1.24 bits per heavy atom. The molecular weight excluding hydrogens is 375 g/mol. The first-order valence-corrected chi connectivity index (χ1v) is 11.1. The highest BCUT2D eigenvalue weighted by Crippen LogP contribution is 2.59. The van der Waals surface area contributed by atoms with Crippen molar-refractivity contribution in [3.05, 3.63) is 114 Å². The third-order valence-electron chi connectivity index (χ3n) is 5.31. The van der Waals surface area contributed by atoms with Crippen molar-refractivity contribution in [2.75, 3.05) is 14.2 Å². The summed E-state index contributed by atoms with van der Waals surface area (Å²) in [7, 11) is 2.71. The highest BCUT2D eigenvalue weighted by Gasteiger charge is 2.46. The number of rotatable bonds is 6. The van der Waals surface area contributed by atoms with E-state index in [9.17, 15) is 0 Å². The zero-order chi connectivity index (χ0) is 20.1. The van der Waals surface area contributed by atoms with Crippen LogP contribution in [0.15, 0.2) is 109 Å². The maximum atomic E-state index is 6.49. The largest absolute Gasteiger partial charge is 0.496 e. The van der Waals surface area contributed by atoms with Gasteiger partial charge in [-0.25, -0.2) is 0 Å². The van der Waals surface area contributed by atoms with Gasteiger partial charge < -0.3 is 9.47 Å². The van der Waals surface area contributed by atoms with Crippen LogP contribution < -0.4 is 10.6 Å². The lowest BCUT2D eigenvalue weighted by Gasteiger charge is -2.44. The summed E-state index contributed by atoms with van der Waals surface area (Å²) >= 11 is 0. The van der Waals surface area contributed by atoms with Gasteiger partial charge >= 0.3 is 0 Å². The molecule has 29 heavy (non-hydrogen) atoms. The SMILES string of the molecule is COC1=C(c2ccccc2)[C@@](OC)(P(c2ccccc2)c2ccccc2)CC=C1. The van der Waals surface area contributed by atoms with Gasteiger partial charge in [0.05, 0.1) is 7.11 Å². The molecule has 1 atom stereocenters.